The Morgan fingerprint density at radius 2 is 1.35 bits per heavy atom. The van der Waals surface area contributed by atoms with Crippen molar-refractivity contribution in [3.8, 4) is 28.6 Å². The molecule has 0 fully saturated rings. The molecule has 0 saturated carbocycles. The first kappa shape index (κ1) is 24.6. The zero-order valence-corrected chi connectivity index (χ0v) is 19.7. The summed E-state index contributed by atoms with van der Waals surface area (Å²) in [5.74, 6) is 0.303. The molecule has 0 bridgehead atoms. The van der Waals surface area contributed by atoms with E-state index in [0.717, 1.165) is 0 Å². The lowest BCUT2D eigenvalue weighted by Crippen LogP contribution is -2.33. The first-order valence-corrected chi connectivity index (χ1v) is 11.2. The van der Waals surface area contributed by atoms with Gasteiger partial charge in [-0.05, 0) is 52.0 Å². The van der Waals surface area contributed by atoms with E-state index in [-0.39, 0.29) is 28.2 Å². The minimum absolute atomic E-state index is 0.0174. The number of hydrogen-bond donors (Lipinski definition) is 1. The fourth-order valence-corrected chi connectivity index (χ4v) is 3.43. The molecule has 2 amide bonds. The number of phenolic OH excluding ortho intramolecular Hbond substituents is 1. The maximum Gasteiger partial charge on any atom is 0.415 e. The summed E-state index contributed by atoms with van der Waals surface area (Å²) in [6.07, 6.45) is -1.02. The molecule has 0 unspecified atom stereocenters. The average molecular weight is 469 g/mol. The van der Waals surface area contributed by atoms with Crippen molar-refractivity contribution in [3.05, 3.63) is 52.7 Å². The van der Waals surface area contributed by atoms with Gasteiger partial charge in [0.25, 0.3) is 0 Å². The number of hydrogen-bond acceptors (Lipinski definition) is 7. The maximum absolute atomic E-state index is 12.7. The fraction of sp³-hybridized carbons (Fsp3) is 0.320. The van der Waals surface area contributed by atoms with Gasteiger partial charge in [-0.2, -0.15) is 0 Å². The molecule has 0 spiro atoms. The van der Waals surface area contributed by atoms with Crippen LogP contribution in [0.2, 0.25) is 0 Å². The first-order valence-electron chi connectivity index (χ1n) is 11.2. The van der Waals surface area contributed by atoms with Gasteiger partial charge >= 0.3 is 12.2 Å². The van der Waals surface area contributed by atoms with Gasteiger partial charge in [0.2, 0.25) is 0 Å². The first-order chi connectivity index (χ1) is 16.3. The topological polar surface area (TPSA) is 110 Å². The molecule has 1 heterocycles. The maximum atomic E-state index is 12.7. The summed E-state index contributed by atoms with van der Waals surface area (Å²) in [6, 6.07) is 10.4. The van der Waals surface area contributed by atoms with Crippen molar-refractivity contribution >= 4 is 23.2 Å². The Kier molecular flexibility index (Phi) is 7.78. The van der Waals surface area contributed by atoms with Crippen LogP contribution in [0.4, 0.5) is 9.59 Å². The van der Waals surface area contributed by atoms with Crippen molar-refractivity contribution in [3.63, 3.8) is 0 Å². The van der Waals surface area contributed by atoms with Crippen LogP contribution in [-0.2, 0) is 0 Å². The van der Waals surface area contributed by atoms with Gasteiger partial charge in [0.05, 0.1) is 0 Å². The molecule has 3 aromatic rings. The normalized spacial score (nSPS) is 10.7. The Morgan fingerprint density at radius 3 is 1.88 bits per heavy atom. The van der Waals surface area contributed by atoms with Crippen LogP contribution in [0.5, 0.6) is 17.2 Å². The van der Waals surface area contributed by atoms with E-state index in [1.54, 1.807) is 29.2 Å². The van der Waals surface area contributed by atoms with Gasteiger partial charge in [-0.15, -0.1) is 0 Å². The highest BCUT2D eigenvalue weighted by Crippen LogP contribution is 2.32. The molecular formula is C25H28N2O7. The number of carbonyl (C=O) groups excluding carboxylic acids is 2. The van der Waals surface area contributed by atoms with E-state index in [0.29, 0.717) is 37.5 Å². The van der Waals surface area contributed by atoms with Crippen LogP contribution in [0.3, 0.4) is 0 Å². The lowest BCUT2D eigenvalue weighted by atomic mass is 10.1. The second-order valence-corrected chi connectivity index (χ2v) is 7.40. The summed E-state index contributed by atoms with van der Waals surface area (Å²) in [4.78, 5) is 40.1. The smallest absolute Gasteiger partial charge is 0.415 e. The molecule has 180 valence electrons. The van der Waals surface area contributed by atoms with E-state index in [4.69, 9.17) is 13.9 Å². The molecule has 0 saturated heterocycles. The van der Waals surface area contributed by atoms with Crippen molar-refractivity contribution in [2.24, 2.45) is 0 Å². The minimum atomic E-state index is -0.572. The summed E-state index contributed by atoms with van der Waals surface area (Å²) < 4.78 is 16.6. The van der Waals surface area contributed by atoms with Gasteiger partial charge in [0.15, 0.2) is 5.43 Å². The van der Waals surface area contributed by atoms with Crippen molar-refractivity contribution in [2.75, 3.05) is 26.2 Å². The number of amides is 2. The van der Waals surface area contributed by atoms with Gasteiger partial charge in [-0.25, -0.2) is 9.59 Å². The van der Waals surface area contributed by atoms with Gasteiger partial charge in [0, 0.05) is 49.9 Å². The molecule has 0 radical (unpaired) electrons. The van der Waals surface area contributed by atoms with E-state index in [1.807, 2.05) is 27.7 Å². The van der Waals surface area contributed by atoms with Crippen LogP contribution in [0.1, 0.15) is 27.7 Å². The van der Waals surface area contributed by atoms with E-state index >= 15 is 0 Å². The van der Waals surface area contributed by atoms with Crippen LogP contribution in [0.15, 0.2) is 51.7 Å². The number of rotatable bonds is 7. The van der Waals surface area contributed by atoms with E-state index in [9.17, 15) is 19.5 Å². The summed E-state index contributed by atoms with van der Waals surface area (Å²) >= 11 is 0. The third-order valence-corrected chi connectivity index (χ3v) is 5.38. The second kappa shape index (κ2) is 10.7. The summed E-state index contributed by atoms with van der Waals surface area (Å²) in [5, 5.41) is 10.3. The molecule has 1 aromatic heterocycles. The lowest BCUT2D eigenvalue weighted by Gasteiger charge is -2.18. The summed E-state index contributed by atoms with van der Waals surface area (Å²) in [6.45, 7) is 9.38. The SMILES string of the molecule is CCN(CC)C(=O)Oc1ccc(-c2cc(=O)c3c(O)cc(OC(=O)N(CC)CC)cc3o2)cc1. The third kappa shape index (κ3) is 5.31. The monoisotopic (exact) mass is 468 g/mol. The Bertz CT molecular complexity index is 1230. The van der Waals surface area contributed by atoms with Gasteiger partial charge in [0.1, 0.15) is 34.0 Å². The Balaban J connectivity index is 1.90. The number of aromatic hydroxyl groups is 1. The highest BCUT2D eigenvalue weighted by molar-refractivity contribution is 5.87. The Labute approximate surface area is 197 Å². The molecule has 0 atom stereocenters. The van der Waals surface area contributed by atoms with Gasteiger partial charge < -0.3 is 28.8 Å². The zero-order chi connectivity index (χ0) is 24.8. The fourth-order valence-electron chi connectivity index (χ4n) is 3.43. The zero-order valence-electron chi connectivity index (χ0n) is 19.7. The van der Waals surface area contributed by atoms with Crippen LogP contribution < -0.4 is 14.9 Å². The largest absolute Gasteiger partial charge is 0.507 e. The molecule has 2 aromatic carbocycles. The average Bonchev–Trinajstić information content (AvgIpc) is 2.80. The number of nitrogens with zero attached hydrogens (tertiary/aromatic N) is 2. The molecule has 1 N–H and O–H groups in total. The van der Waals surface area contributed by atoms with E-state index in [2.05, 4.69) is 0 Å². The van der Waals surface area contributed by atoms with Crippen LogP contribution in [-0.4, -0.2) is 53.3 Å². The molecule has 0 aliphatic heterocycles. The Morgan fingerprint density at radius 1 is 0.824 bits per heavy atom. The number of carbonyl (C=O) groups is 2. The molecule has 9 heteroatoms. The predicted molar refractivity (Wildman–Crippen MR) is 127 cm³/mol. The highest BCUT2D eigenvalue weighted by Gasteiger charge is 2.17. The number of ether oxygens (including phenoxy) is 2. The van der Waals surface area contributed by atoms with Crippen molar-refractivity contribution in [2.45, 2.75) is 27.7 Å². The van der Waals surface area contributed by atoms with Crippen LogP contribution in [0.25, 0.3) is 22.3 Å². The quantitative estimate of drug-likeness (QED) is 0.528. The number of phenols is 1. The van der Waals surface area contributed by atoms with Crippen LogP contribution >= 0.6 is 0 Å². The summed E-state index contributed by atoms with van der Waals surface area (Å²) in [5.41, 5.74) is 0.181. The number of fused-ring (bicyclic) bond motifs is 1. The second-order valence-electron chi connectivity index (χ2n) is 7.40. The predicted octanol–water partition coefficient (Wildman–Crippen LogP) is 4.85. The highest BCUT2D eigenvalue weighted by atomic mass is 16.6. The lowest BCUT2D eigenvalue weighted by molar-refractivity contribution is 0.156. The molecular weight excluding hydrogens is 440 g/mol. The number of benzene rings is 2. The van der Waals surface area contributed by atoms with E-state index < -0.39 is 17.6 Å². The van der Waals surface area contributed by atoms with Crippen molar-refractivity contribution < 1.29 is 28.6 Å². The van der Waals surface area contributed by atoms with Crippen LogP contribution in [0, 0.1) is 0 Å². The van der Waals surface area contributed by atoms with Gasteiger partial charge in [-0.1, -0.05) is 0 Å². The standard InChI is InChI=1S/C25H28N2O7/c1-5-26(6-2)24(30)32-17-11-9-16(10-12-17)21-15-20(29)23-19(28)13-18(14-22(23)34-21)33-25(31)27(7-3)8-4/h9-15,28H,5-8H2,1-4H3. The molecule has 3 rings (SSSR count). The Hall–Kier alpha value is -4.01. The molecule has 0 aliphatic rings. The van der Waals surface area contributed by atoms with E-state index in [1.165, 1.54) is 23.1 Å². The molecule has 0 aliphatic carbocycles. The summed E-state index contributed by atoms with van der Waals surface area (Å²) in [7, 11) is 0. The third-order valence-electron chi connectivity index (χ3n) is 5.38. The van der Waals surface area contributed by atoms with Gasteiger partial charge in [-0.3, -0.25) is 4.79 Å². The van der Waals surface area contributed by atoms with Crippen molar-refractivity contribution in [1.82, 2.24) is 9.80 Å². The minimum Gasteiger partial charge on any atom is -0.507 e. The molecule has 9 nitrogen and oxygen atoms in total. The van der Waals surface area contributed by atoms with Crippen molar-refractivity contribution in [1.29, 1.82) is 0 Å². The molecule has 34 heavy (non-hydrogen) atoms.